The molecule has 1 amide bonds. The van der Waals surface area contributed by atoms with E-state index in [0.717, 1.165) is 54.3 Å². The summed E-state index contributed by atoms with van der Waals surface area (Å²) in [5.41, 5.74) is 8.67. The van der Waals surface area contributed by atoms with Gasteiger partial charge in [-0.15, -0.1) is 35.0 Å². The van der Waals surface area contributed by atoms with Crippen LogP contribution < -0.4 is 11.1 Å². The molecule has 1 aliphatic rings. The molecular weight excluding hydrogens is 413 g/mol. The molecule has 0 atom stereocenters. The normalized spacial score (nSPS) is 12.9. The second-order valence-corrected chi connectivity index (χ2v) is 6.89. The van der Waals surface area contributed by atoms with Crippen molar-refractivity contribution in [3.8, 4) is 11.4 Å². The number of anilines is 1. The SMILES string of the molecule is Cc1ccc(-c2nnc3n2CCCCC3)cc1NC(=O)c1coc(CN)c1.Cl.Cl. The number of fused-ring (bicyclic) bond motifs is 1. The number of aryl methyl sites for hydroxylation is 2. The van der Waals surface area contributed by atoms with Crippen LogP contribution in [0.2, 0.25) is 0 Å². The Hall–Kier alpha value is -2.35. The number of nitrogens with zero attached hydrogens (tertiary/aromatic N) is 3. The third kappa shape index (κ3) is 4.80. The Morgan fingerprint density at radius 3 is 2.79 bits per heavy atom. The summed E-state index contributed by atoms with van der Waals surface area (Å²) in [4.78, 5) is 12.5. The topological polar surface area (TPSA) is 99.0 Å². The average Bonchev–Trinajstić information content (AvgIpc) is 3.25. The second-order valence-electron chi connectivity index (χ2n) is 6.89. The molecule has 0 aliphatic carbocycles. The molecule has 2 aromatic heterocycles. The monoisotopic (exact) mass is 437 g/mol. The van der Waals surface area contributed by atoms with Gasteiger partial charge < -0.3 is 20.0 Å². The van der Waals surface area contributed by atoms with Crippen molar-refractivity contribution in [1.82, 2.24) is 14.8 Å². The molecule has 29 heavy (non-hydrogen) atoms. The molecule has 0 saturated heterocycles. The first-order valence-electron chi connectivity index (χ1n) is 9.27. The number of aromatic nitrogens is 3. The Kier molecular flexibility index (Phi) is 7.84. The van der Waals surface area contributed by atoms with E-state index < -0.39 is 0 Å². The molecule has 3 heterocycles. The van der Waals surface area contributed by atoms with Crippen LogP contribution in [0.25, 0.3) is 11.4 Å². The smallest absolute Gasteiger partial charge is 0.258 e. The maximum atomic E-state index is 12.5. The molecule has 1 aromatic carbocycles. The molecular formula is C20H25Cl2N5O2. The largest absolute Gasteiger partial charge is 0.467 e. The Bertz CT molecular complexity index is 983. The fraction of sp³-hybridized carbons (Fsp3) is 0.350. The fourth-order valence-corrected chi connectivity index (χ4v) is 3.40. The van der Waals surface area contributed by atoms with Gasteiger partial charge in [0.15, 0.2) is 5.82 Å². The molecule has 0 saturated carbocycles. The number of amides is 1. The Balaban J connectivity index is 0.00000150. The maximum absolute atomic E-state index is 12.5. The van der Waals surface area contributed by atoms with Crippen LogP contribution in [0.1, 0.15) is 46.8 Å². The lowest BCUT2D eigenvalue weighted by atomic mass is 10.1. The van der Waals surface area contributed by atoms with Gasteiger partial charge in [-0.3, -0.25) is 4.79 Å². The zero-order chi connectivity index (χ0) is 18.8. The fourth-order valence-electron chi connectivity index (χ4n) is 3.40. The Morgan fingerprint density at radius 1 is 1.21 bits per heavy atom. The zero-order valence-corrected chi connectivity index (χ0v) is 17.8. The average molecular weight is 438 g/mol. The highest BCUT2D eigenvalue weighted by molar-refractivity contribution is 6.04. The summed E-state index contributed by atoms with van der Waals surface area (Å²) in [6.07, 6.45) is 5.90. The number of nitrogens with one attached hydrogen (secondary N) is 1. The van der Waals surface area contributed by atoms with Gasteiger partial charge in [-0.25, -0.2) is 0 Å². The Morgan fingerprint density at radius 2 is 2.03 bits per heavy atom. The molecule has 156 valence electrons. The summed E-state index contributed by atoms with van der Waals surface area (Å²) in [5, 5.41) is 11.7. The first-order chi connectivity index (χ1) is 13.2. The molecule has 0 radical (unpaired) electrons. The van der Waals surface area contributed by atoms with Gasteiger partial charge in [-0.2, -0.15) is 0 Å². The van der Waals surface area contributed by atoms with Crippen LogP contribution in [0, 0.1) is 6.92 Å². The second kappa shape index (κ2) is 9.91. The third-order valence-electron chi connectivity index (χ3n) is 4.97. The van der Waals surface area contributed by atoms with Crippen molar-refractivity contribution in [3.63, 3.8) is 0 Å². The number of hydrogen-bond donors (Lipinski definition) is 2. The molecule has 9 heteroatoms. The summed E-state index contributed by atoms with van der Waals surface area (Å²) < 4.78 is 7.45. The molecule has 0 bridgehead atoms. The lowest BCUT2D eigenvalue weighted by Crippen LogP contribution is -2.12. The van der Waals surface area contributed by atoms with Crippen LogP contribution in [0.3, 0.4) is 0 Å². The van der Waals surface area contributed by atoms with Gasteiger partial charge in [0.05, 0.1) is 12.1 Å². The molecule has 3 N–H and O–H groups in total. The highest BCUT2D eigenvalue weighted by atomic mass is 35.5. The number of rotatable bonds is 4. The molecule has 0 spiro atoms. The number of furan rings is 1. The van der Waals surface area contributed by atoms with E-state index >= 15 is 0 Å². The van der Waals surface area contributed by atoms with Crippen molar-refractivity contribution < 1.29 is 9.21 Å². The minimum Gasteiger partial charge on any atom is -0.467 e. The van der Waals surface area contributed by atoms with Crippen LogP contribution in [0.15, 0.2) is 34.9 Å². The molecule has 0 unspecified atom stereocenters. The van der Waals surface area contributed by atoms with Crippen LogP contribution in [-0.2, 0) is 19.5 Å². The zero-order valence-electron chi connectivity index (χ0n) is 16.2. The minimum absolute atomic E-state index is 0. The predicted octanol–water partition coefficient (Wildman–Crippen LogP) is 4.13. The van der Waals surface area contributed by atoms with Gasteiger partial charge in [0.2, 0.25) is 0 Å². The number of halogens is 2. The van der Waals surface area contributed by atoms with Crippen molar-refractivity contribution in [2.45, 2.75) is 45.7 Å². The van der Waals surface area contributed by atoms with Gasteiger partial charge in [0, 0.05) is 24.2 Å². The van der Waals surface area contributed by atoms with E-state index in [1.165, 1.54) is 12.7 Å². The molecule has 3 aromatic rings. The van der Waals surface area contributed by atoms with E-state index in [9.17, 15) is 4.79 Å². The van der Waals surface area contributed by atoms with Crippen molar-refractivity contribution in [2.75, 3.05) is 5.32 Å². The first-order valence-corrected chi connectivity index (χ1v) is 9.27. The number of carbonyl (C=O) groups is 1. The van der Waals surface area contributed by atoms with E-state index in [0.29, 0.717) is 11.3 Å². The van der Waals surface area contributed by atoms with E-state index in [4.69, 9.17) is 10.2 Å². The van der Waals surface area contributed by atoms with E-state index in [1.807, 2.05) is 25.1 Å². The molecule has 1 aliphatic heterocycles. The summed E-state index contributed by atoms with van der Waals surface area (Å²) in [6, 6.07) is 7.63. The molecule has 7 nitrogen and oxygen atoms in total. The summed E-state index contributed by atoms with van der Waals surface area (Å²) in [6.45, 7) is 3.16. The van der Waals surface area contributed by atoms with E-state index in [1.54, 1.807) is 6.07 Å². The first kappa shape index (κ1) is 22.9. The van der Waals surface area contributed by atoms with Crippen LogP contribution in [0.4, 0.5) is 5.69 Å². The third-order valence-corrected chi connectivity index (χ3v) is 4.97. The lowest BCUT2D eigenvalue weighted by Gasteiger charge is -2.11. The molecule has 0 fully saturated rings. The number of benzene rings is 1. The van der Waals surface area contributed by atoms with Gasteiger partial charge in [-0.05, 0) is 37.5 Å². The van der Waals surface area contributed by atoms with Gasteiger partial charge in [0.1, 0.15) is 17.8 Å². The number of carbonyl (C=O) groups excluding carboxylic acids is 1. The van der Waals surface area contributed by atoms with Crippen molar-refractivity contribution >= 4 is 36.4 Å². The highest BCUT2D eigenvalue weighted by Crippen LogP contribution is 2.27. The number of nitrogens with two attached hydrogens (primary N) is 1. The quantitative estimate of drug-likeness (QED) is 0.638. The van der Waals surface area contributed by atoms with Crippen molar-refractivity contribution in [3.05, 3.63) is 53.2 Å². The summed E-state index contributed by atoms with van der Waals surface area (Å²) >= 11 is 0. The summed E-state index contributed by atoms with van der Waals surface area (Å²) in [7, 11) is 0. The van der Waals surface area contributed by atoms with Gasteiger partial charge in [0.25, 0.3) is 5.91 Å². The van der Waals surface area contributed by atoms with Crippen LogP contribution in [-0.4, -0.2) is 20.7 Å². The minimum atomic E-state index is -0.223. The van der Waals surface area contributed by atoms with Gasteiger partial charge >= 0.3 is 0 Å². The van der Waals surface area contributed by atoms with Crippen molar-refractivity contribution in [2.24, 2.45) is 5.73 Å². The lowest BCUT2D eigenvalue weighted by molar-refractivity contribution is 0.102. The van der Waals surface area contributed by atoms with Crippen molar-refractivity contribution in [1.29, 1.82) is 0 Å². The van der Waals surface area contributed by atoms with E-state index in [-0.39, 0.29) is 37.3 Å². The van der Waals surface area contributed by atoms with Crippen LogP contribution >= 0.6 is 24.8 Å². The Labute approximate surface area is 181 Å². The number of hydrogen-bond acceptors (Lipinski definition) is 5. The molecule has 4 rings (SSSR count). The van der Waals surface area contributed by atoms with Gasteiger partial charge in [-0.1, -0.05) is 18.6 Å². The highest BCUT2D eigenvalue weighted by Gasteiger charge is 2.17. The maximum Gasteiger partial charge on any atom is 0.258 e. The van der Waals surface area contributed by atoms with E-state index in [2.05, 4.69) is 20.1 Å². The van der Waals surface area contributed by atoms with Crippen LogP contribution in [0.5, 0.6) is 0 Å². The predicted molar refractivity (Wildman–Crippen MR) is 117 cm³/mol. The summed E-state index contributed by atoms with van der Waals surface area (Å²) in [5.74, 6) is 2.26. The standard InChI is InChI=1S/C20H23N5O2.2ClH/c1-13-6-7-14(19-24-23-18-5-3-2-4-8-25(18)19)10-17(13)22-20(26)15-9-16(11-21)27-12-15;;/h6-7,9-10,12H,2-5,8,11,21H2,1H3,(H,22,26);2*1H.